The molecule has 0 amide bonds. The topological polar surface area (TPSA) is 15.3 Å². The average Bonchev–Trinajstić information content (AvgIpc) is 2.30. The number of nitrogens with zero attached hydrogens (tertiary/aromatic N) is 1. The first-order valence-corrected chi connectivity index (χ1v) is 7.68. The predicted octanol–water partition coefficient (Wildman–Crippen LogP) is 2.06. The van der Waals surface area contributed by atoms with E-state index in [1.54, 1.807) is 0 Å². The lowest BCUT2D eigenvalue weighted by Gasteiger charge is -2.31. The summed E-state index contributed by atoms with van der Waals surface area (Å²) >= 11 is 1.94. The van der Waals surface area contributed by atoms with E-state index in [0.29, 0.717) is 0 Å². The molecule has 0 aliphatic carbocycles. The van der Waals surface area contributed by atoms with Crippen molar-refractivity contribution in [2.75, 3.05) is 44.7 Å². The summed E-state index contributed by atoms with van der Waals surface area (Å²) in [6.07, 6.45) is 6.28. The molecule has 1 fully saturated rings. The third-order valence-corrected chi connectivity index (χ3v) is 3.99. The molecule has 0 unspecified atom stereocenters. The SMILES string of the molecule is CCN1CCC(CNCCCSC)CC1. The van der Waals surface area contributed by atoms with Crippen LogP contribution in [0.3, 0.4) is 0 Å². The number of hydrogen-bond acceptors (Lipinski definition) is 3. The van der Waals surface area contributed by atoms with Gasteiger partial charge in [-0.05, 0) is 69.9 Å². The molecule has 1 rings (SSSR count). The second-order valence-corrected chi connectivity index (χ2v) is 5.41. The van der Waals surface area contributed by atoms with Crippen LogP contribution in [0.2, 0.25) is 0 Å². The molecule has 1 aliphatic rings. The summed E-state index contributed by atoms with van der Waals surface area (Å²) in [5, 5.41) is 3.59. The summed E-state index contributed by atoms with van der Waals surface area (Å²) in [7, 11) is 0. The van der Waals surface area contributed by atoms with E-state index in [4.69, 9.17) is 0 Å². The standard InChI is InChI=1S/C12H26N2S/c1-3-14-8-5-12(6-9-14)11-13-7-4-10-15-2/h12-13H,3-11H2,1-2H3. The molecule has 0 atom stereocenters. The van der Waals surface area contributed by atoms with E-state index in [9.17, 15) is 0 Å². The zero-order valence-corrected chi connectivity index (χ0v) is 11.1. The number of rotatable bonds is 7. The maximum absolute atomic E-state index is 3.59. The quantitative estimate of drug-likeness (QED) is 0.674. The van der Waals surface area contributed by atoms with Crippen LogP contribution in [-0.4, -0.2) is 49.6 Å². The second-order valence-electron chi connectivity index (χ2n) is 4.43. The summed E-state index contributed by atoms with van der Waals surface area (Å²) in [4.78, 5) is 2.56. The van der Waals surface area contributed by atoms with Gasteiger partial charge >= 0.3 is 0 Å². The lowest BCUT2D eigenvalue weighted by Crippen LogP contribution is -2.37. The molecule has 0 aromatic carbocycles. The molecule has 2 nitrogen and oxygen atoms in total. The van der Waals surface area contributed by atoms with Crippen LogP contribution < -0.4 is 5.32 Å². The van der Waals surface area contributed by atoms with Gasteiger partial charge in [0.15, 0.2) is 0 Å². The maximum Gasteiger partial charge on any atom is -0.00157 e. The molecule has 0 spiro atoms. The minimum atomic E-state index is 0.932. The third kappa shape index (κ3) is 5.79. The fourth-order valence-electron chi connectivity index (χ4n) is 2.15. The molecule has 0 aromatic rings. The van der Waals surface area contributed by atoms with Crippen molar-refractivity contribution >= 4 is 11.8 Å². The molecule has 0 saturated carbocycles. The van der Waals surface area contributed by atoms with Crippen LogP contribution >= 0.6 is 11.8 Å². The lowest BCUT2D eigenvalue weighted by atomic mass is 9.97. The molecule has 90 valence electrons. The van der Waals surface area contributed by atoms with Crippen molar-refractivity contribution in [3.63, 3.8) is 0 Å². The molecule has 1 N–H and O–H groups in total. The minimum absolute atomic E-state index is 0.932. The Kier molecular flexibility index (Phi) is 7.49. The molecule has 0 radical (unpaired) electrons. The fourth-order valence-corrected chi connectivity index (χ4v) is 2.59. The van der Waals surface area contributed by atoms with Crippen molar-refractivity contribution in [3.8, 4) is 0 Å². The van der Waals surface area contributed by atoms with Crippen molar-refractivity contribution < 1.29 is 0 Å². The van der Waals surface area contributed by atoms with Gasteiger partial charge in [-0.3, -0.25) is 0 Å². The van der Waals surface area contributed by atoms with Gasteiger partial charge in [0, 0.05) is 0 Å². The average molecular weight is 230 g/mol. The first-order chi connectivity index (χ1) is 7.36. The Morgan fingerprint density at radius 2 is 2.07 bits per heavy atom. The van der Waals surface area contributed by atoms with Crippen molar-refractivity contribution in [2.24, 2.45) is 5.92 Å². The van der Waals surface area contributed by atoms with E-state index in [-0.39, 0.29) is 0 Å². The summed E-state index contributed by atoms with van der Waals surface area (Å²) in [6.45, 7) is 8.57. The van der Waals surface area contributed by atoms with Crippen LogP contribution in [0.5, 0.6) is 0 Å². The first kappa shape index (κ1) is 13.3. The van der Waals surface area contributed by atoms with Crippen molar-refractivity contribution in [1.82, 2.24) is 10.2 Å². The molecule has 0 aromatic heterocycles. The van der Waals surface area contributed by atoms with E-state index < -0.39 is 0 Å². The van der Waals surface area contributed by atoms with Gasteiger partial charge in [-0.1, -0.05) is 6.92 Å². The van der Waals surface area contributed by atoms with Crippen LogP contribution in [0.4, 0.5) is 0 Å². The maximum atomic E-state index is 3.59. The Bertz CT molecular complexity index is 145. The number of nitrogens with one attached hydrogen (secondary N) is 1. The summed E-state index contributed by atoms with van der Waals surface area (Å²) in [5.74, 6) is 2.23. The van der Waals surface area contributed by atoms with Gasteiger partial charge in [-0.15, -0.1) is 0 Å². The first-order valence-electron chi connectivity index (χ1n) is 6.28. The minimum Gasteiger partial charge on any atom is -0.316 e. The number of likely N-dealkylation sites (tertiary alicyclic amines) is 1. The van der Waals surface area contributed by atoms with E-state index in [1.165, 1.54) is 57.7 Å². The second kappa shape index (κ2) is 8.43. The molecule has 1 heterocycles. The van der Waals surface area contributed by atoms with Gasteiger partial charge < -0.3 is 10.2 Å². The van der Waals surface area contributed by atoms with E-state index >= 15 is 0 Å². The van der Waals surface area contributed by atoms with Gasteiger partial charge in [-0.2, -0.15) is 11.8 Å². The highest BCUT2D eigenvalue weighted by Gasteiger charge is 2.16. The van der Waals surface area contributed by atoms with Crippen molar-refractivity contribution in [2.45, 2.75) is 26.2 Å². The Morgan fingerprint density at radius 1 is 1.33 bits per heavy atom. The molecule has 1 saturated heterocycles. The summed E-state index contributed by atoms with van der Waals surface area (Å²) in [6, 6.07) is 0. The lowest BCUT2D eigenvalue weighted by molar-refractivity contribution is 0.190. The molecular formula is C12H26N2S. The zero-order valence-electron chi connectivity index (χ0n) is 10.3. The summed E-state index contributed by atoms with van der Waals surface area (Å²) in [5.41, 5.74) is 0. The smallest absolute Gasteiger partial charge is 0.00157 e. The molecule has 3 heteroatoms. The van der Waals surface area contributed by atoms with Gasteiger partial charge in [0.25, 0.3) is 0 Å². The van der Waals surface area contributed by atoms with E-state index in [0.717, 1.165) is 5.92 Å². The van der Waals surface area contributed by atoms with Crippen LogP contribution in [0.1, 0.15) is 26.2 Å². The van der Waals surface area contributed by atoms with Gasteiger partial charge in [0.2, 0.25) is 0 Å². The Morgan fingerprint density at radius 3 is 2.67 bits per heavy atom. The number of hydrogen-bond donors (Lipinski definition) is 1. The highest BCUT2D eigenvalue weighted by atomic mass is 32.2. The Hall–Kier alpha value is 0.270. The molecule has 15 heavy (non-hydrogen) atoms. The third-order valence-electron chi connectivity index (χ3n) is 3.29. The van der Waals surface area contributed by atoms with Gasteiger partial charge in [0.1, 0.15) is 0 Å². The number of piperidine rings is 1. The Balaban J connectivity index is 1.94. The normalized spacial score (nSPS) is 19.6. The molecule has 0 bridgehead atoms. The van der Waals surface area contributed by atoms with Crippen LogP contribution in [0.15, 0.2) is 0 Å². The van der Waals surface area contributed by atoms with Crippen LogP contribution in [0, 0.1) is 5.92 Å². The van der Waals surface area contributed by atoms with Crippen molar-refractivity contribution in [1.29, 1.82) is 0 Å². The fraction of sp³-hybridized carbons (Fsp3) is 1.00. The van der Waals surface area contributed by atoms with Crippen LogP contribution in [0.25, 0.3) is 0 Å². The highest BCUT2D eigenvalue weighted by molar-refractivity contribution is 7.98. The predicted molar refractivity (Wildman–Crippen MR) is 70.7 cm³/mol. The Labute approximate surface area is 99.2 Å². The number of thioether (sulfide) groups is 1. The zero-order chi connectivity index (χ0) is 10.9. The highest BCUT2D eigenvalue weighted by Crippen LogP contribution is 2.15. The van der Waals surface area contributed by atoms with E-state index in [1.807, 2.05) is 11.8 Å². The largest absolute Gasteiger partial charge is 0.316 e. The van der Waals surface area contributed by atoms with Crippen LogP contribution in [-0.2, 0) is 0 Å². The van der Waals surface area contributed by atoms with Gasteiger partial charge in [-0.25, -0.2) is 0 Å². The summed E-state index contributed by atoms with van der Waals surface area (Å²) < 4.78 is 0. The van der Waals surface area contributed by atoms with E-state index in [2.05, 4.69) is 23.4 Å². The monoisotopic (exact) mass is 230 g/mol. The van der Waals surface area contributed by atoms with Gasteiger partial charge in [0.05, 0.1) is 0 Å². The molecule has 1 aliphatic heterocycles. The van der Waals surface area contributed by atoms with Crippen molar-refractivity contribution in [3.05, 3.63) is 0 Å². The molecular weight excluding hydrogens is 204 g/mol.